The van der Waals surface area contributed by atoms with E-state index in [0.29, 0.717) is 60.1 Å². The highest BCUT2D eigenvalue weighted by Gasteiger charge is 2.51. The molecule has 0 bridgehead atoms. The number of phenols is 2. The van der Waals surface area contributed by atoms with Gasteiger partial charge in [0.25, 0.3) is 0 Å². The Labute approximate surface area is 326 Å². The molecule has 7 rings (SSSR count). The molecule has 3 aromatic carbocycles. The minimum absolute atomic E-state index is 0.0109. The average Bonchev–Trinajstić information content (AvgIpc) is 3.66. The second-order valence-corrected chi connectivity index (χ2v) is 14.8. The van der Waals surface area contributed by atoms with E-state index in [1.165, 1.54) is 14.0 Å². The van der Waals surface area contributed by atoms with Crippen LogP contribution in [-0.2, 0) is 27.2 Å². The van der Waals surface area contributed by atoms with Crippen molar-refractivity contribution in [3.05, 3.63) is 62.7 Å². The fraction of sp³-hybridized carbons (Fsp3) is 0.512. The molecule has 4 heterocycles. The van der Waals surface area contributed by atoms with Gasteiger partial charge in [0.15, 0.2) is 34.5 Å². The quantitative estimate of drug-likeness (QED) is 0.159. The summed E-state index contributed by atoms with van der Waals surface area (Å²) in [5.74, 6) is 1.25. The van der Waals surface area contributed by atoms with Crippen molar-refractivity contribution in [1.29, 1.82) is 0 Å². The molecule has 13 nitrogen and oxygen atoms in total. The molecule has 4 N–H and O–H groups in total. The van der Waals surface area contributed by atoms with Gasteiger partial charge in [-0.3, -0.25) is 9.69 Å². The molecule has 14 heteroatoms. The van der Waals surface area contributed by atoms with Gasteiger partial charge in [-0.15, -0.1) is 0 Å². The maximum Gasteiger partial charge on any atom is 0.327 e. The number of nitrogens with zero attached hydrogens (tertiary/aromatic N) is 1. The number of ether oxygens (including phenoxy) is 6. The number of hydrogen-bond donors (Lipinski definition) is 4. The molecular formula is C41H53N3O10S. The summed E-state index contributed by atoms with van der Waals surface area (Å²) >= 11 is 1.61. The molecule has 0 fully saturated rings. The van der Waals surface area contributed by atoms with Crippen LogP contribution in [0, 0.1) is 13.8 Å². The van der Waals surface area contributed by atoms with Crippen LogP contribution in [0.25, 0.3) is 0 Å². The molecule has 0 aliphatic carbocycles. The van der Waals surface area contributed by atoms with Crippen molar-refractivity contribution in [2.24, 2.45) is 0 Å². The van der Waals surface area contributed by atoms with Gasteiger partial charge in [-0.05, 0) is 87.3 Å². The number of carbonyl (C=O) groups is 2. The smallest absolute Gasteiger partial charge is 0.327 e. The van der Waals surface area contributed by atoms with E-state index in [-0.39, 0.29) is 41.9 Å². The summed E-state index contributed by atoms with van der Waals surface area (Å²) in [5.41, 5.74) is 6.29. The van der Waals surface area contributed by atoms with E-state index < -0.39 is 30.1 Å². The Kier molecular flexibility index (Phi) is 12.3. The van der Waals surface area contributed by atoms with Crippen molar-refractivity contribution < 1.29 is 48.2 Å². The molecule has 3 aromatic rings. The first-order valence-corrected chi connectivity index (χ1v) is 20.1. The van der Waals surface area contributed by atoms with Gasteiger partial charge in [0, 0.05) is 41.8 Å². The maximum absolute atomic E-state index is 14.1. The SMILES string of the molecule is CC.CN[C@@H]1c2c(cc(C)c(OC)c2O)CCCN2C(COC(=O)C3NCCc4cc(O)c(OC)cc43)c3c4c(c(C)c(OC(C)=O)c3C(SC)C12)OCO4. The Morgan fingerprint density at radius 3 is 2.42 bits per heavy atom. The van der Waals surface area contributed by atoms with Crippen molar-refractivity contribution in [2.45, 2.75) is 83.3 Å². The second-order valence-electron chi connectivity index (χ2n) is 13.8. The van der Waals surface area contributed by atoms with Gasteiger partial charge in [0.05, 0.1) is 31.6 Å². The van der Waals surface area contributed by atoms with Crippen LogP contribution < -0.4 is 34.3 Å². The zero-order chi connectivity index (χ0) is 39.7. The molecule has 4 aliphatic rings. The molecule has 0 aromatic heterocycles. The largest absolute Gasteiger partial charge is 0.504 e. The van der Waals surface area contributed by atoms with Crippen LogP contribution in [0.3, 0.4) is 0 Å². The molecule has 4 aliphatic heterocycles. The van der Waals surface area contributed by atoms with Crippen LogP contribution in [0.15, 0.2) is 18.2 Å². The van der Waals surface area contributed by atoms with Gasteiger partial charge in [0.1, 0.15) is 18.4 Å². The lowest BCUT2D eigenvalue weighted by atomic mass is 9.78. The first-order valence-electron chi connectivity index (χ1n) is 18.8. The van der Waals surface area contributed by atoms with Crippen LogP contribution in [0.4, 0.5) is 0 Å². The van der Waals surface area contributed by atoms with E-state index in [1.807, 2.05) is 41.0 Å². The first kappa shape index (κ1) is 40.3. The van der Waals surface area contributed by atoms with Gasteiger partial charge >= 0.3 is 11.9 Å². The molecule has 5 atom stereocenters. The molecule has 0 saturated heterocycles. The number of fused-ring (bicyclic) bond motifs is 6. The van der Waals surface area contributed by atoms with E-state index in [9.17, 15) is 19.8 Å². The lowest BCUT2D eigenvalue weighted by Crippen LogP contribution is -2.54. The van der Waals surface area contributed by atoms with E-state index in [0.717, 1.165) is 39.8 Å². The molecule has 0 amide bonds. The van der Waals surface area contributed by atoms with E-state index >= 15 is 0 Å². The standard InChI is InChI=1S/C39H47N3O10S.C2H6/c1-18-13-22-9-8-12-42-24(16-49-39(46)30-23-15-26(47-5)25(44)14-21(23)10-11-41-30)28-29(35(52-20(3)43)19(2)36-37(28)51-17-50-36)38(53-7)32(42)31(40-4)27(22)33(45)34(18)48-6;1-2/h13-15,24,30-32,38,40-41,44-45H,8-12,16-17H2,1-7H3;1-2H3/t24?,30?,31-,32?,38?;/m1./s1. The third kappa shape index (κ3) is 7.02. The molecule has 0 saturated carbocycles. The minimum Gasteiger partial charge on any atom is -0.504 e. The summed E-state index contributed by atoms with van der Waals surface area (Å²) in [6.45, 7) is 10.2. The van der Waals surface area contributed by atoms with Gasteiger partial charge < -0.3 is 49.3 Å². The number of aromatic hydroxyl groups is 2. The maximum atomic E-state index is 14.1. The Bertz CT molecular complexity index is 1950. The topological polar surface area (TPSA) is 157 Å². The summed E-state index contributed by atoms with van der Waals surface area (Å²) in [6.07, 6.45) is 4.09. The van der Waals surface area contributed by atoms with Crippen molar-refractivity contribution >= 4 is 23.7 Å². The Balaban J connectivity index is 0.00000253. The number of hydrogen-bond acceptors (Lipinski definition) is 14. The zero-order valence-corrected chi connectivity index (χ0v) is 33.9. The summed E-state index contributed by atoms with van der Waals surface area (Å²) in [5, 5.41) is 28.8. The van der Waals surface area contributed by atoms with E-state index in [1.54, 1.807) is 31.0 Å². The van der Waals surface area contributed by atoms with Crippen LogP contribution >= 0.6 is 11.8 Å². The average molecular weight is 780 g/mol. The zero-order valence-electron chi connectivity index (χ0n) is 33.1. The summed E-state index contributed by atoms with van der Waals surface area (Å²) < 4.78 is 35.6. The number of thioether (sulfide) groups is 1. The number of rotatable bonds is 8. The van der Waals surface area contributed by atoms with Gasteiger partial charge in [-0.1, -0.05) is 19.9 Å². The number of phenolic OH excluding ortho intramolecular Hbond substituents is 2. The number of esters is 2. The number of carbonyl (C=O) groups excluding carboxylic acids is 2. The third-order valence-electron chi connectivity index (χ3n) is 11.0. The third-order valence-corrected chi connectivity index (χ3v) is 12.0. The summed E-state index contributed by atoms with van der Waals surface area (Å²) in [6, 6.07) is 3.31. The fourth-order valence-corrected chi connectivity index (χ4v) is 9.89. The van der Waals surface area contributed by atoms with Crippen LogP contribution in [0.1, 0.15) is 95.1 Å². The number of methoxy groups -OCH3 is 2. The highest BCUT2D eigenvalue weighted by atomic mass is 32.2. The molecular weight excluding hydrogens is 727 g/mol. The highest BCUT2D eigenvalue weighted by molar-refractivity contribution is 7.98. The van der Waals surface area contributed by atoms with E-state index in [4.69, 9.17) is 28.4 Å². The monoisotopic (exact) mass is 779 g/mol. The number of nitrogens with one attached hydrogen (secondary N) is 2. The Hall–Kier alpha value is -4.37. The van der Waals surface area contributed by atoms with E-state index in [2.05, 4.69) is 21.6 Å². The molecule has 0 radical (unpaired) electrons. The predicted molar refractivity (Wildman–Crippen MR) is 209 cm³/mol. The lowest BCUT2D eigenvalue weighted by Gasteiger charge is -2.51. The van der Waals surface area contributed by atoms with Crippen molar-refractivity contribution in [3.8, 4) is 40.2 Å². The minimum atomic E-state index is -0.789. The first-order chi connectivity index (χ1) is 26.5. The van der Waals surface area contributed by atoms with Gasteiger partial charge in [-0.25, -0.2) is 4.79 Å². The van der Waals surface area contributed by atoms with Crippen molar-refractivity contribution in [1.82, 2.24) is 15.5 Å². The fourth-order valence-electron chi connectivity index (χ4n) is 8.83. The van der Waals surface area contributed by atoms with Crippen molar-refractivity contribution in [3.63, 3.8) is 0 Å². The normalized spacial score (nSPS) is 22.3. The highest BCUT2D eigenvalue weighted by Crippen LogP contribution is 2.60. The molecule has 55 heavy (non-hydrogen) atoms. The Morgan fingerprint density at radius 1 is 1.00 bits per heavy atom. The second kappa shape index (κ2) is 16.8. The van der Waals surface area contributed by atoms with Crippen LogP contribution in [-0.4, -0.2) is 87.1 Å². The van der Waals surface area contributed by atoms with Gasteiger partial charge in [-0.2, -0.15) is 11.8 Å². The number of benzene rings is 3. The summed E-state index contributed by atoms with van der Waals surface area (Å²) in [4.78, 5) is 29.2. The molecule has 298 valence electrons. The number of aryl methyl sites for hydroxylation is 2. The predicted octanol–water partition coefficient (Wildman–Crippen LogP) is 5.88. The lowest BCUT2D eigenvalue weighted by molar-refractivity contribution is -0.149. The number of likely N-dealkylation sites (N-methyl/N-ethyl adjacent to an activating group) is 1. The van der Waals surface area contributed by atoms with Gasteiger partial charge in [0.2, 0.25) is 6.79 Å². The summed E-state index contributed by atoms with van der Waals surface area (Å²) in [7, 11) is 4.90. The van der Waals surface area contributed by atoms with Crippen LogP contribution in [0.2, 0.25) is 0 Å². The molecule has 0 spiro atoms. The Morgan fingerprint density at radius 2 is 1.75 bits per heavy atom. The van der Waals surface area contributed by atoms with Crippen molar-refractivity contribution in [2.75, 3.05) is 54.0 Å². The molecule has 4 unspecified atom stereocenters. The van der Waals surface area contributed by atoms with Crippen LogP contribution in [0.5, 0.6) is 40.2 Å².